The molecular formula is C17H22ClFN2OS. The van der Waals surface area contributed by atoms with E-state index in [1.165, 1.54) is 47.9 Å². The largest absolute Gasteiger partial charge is 0.486 e. The average molecular weight is 357 g/mol. The fourth-order valence-electron chi connectivity index (χ4n) is 2.88. The Morgan fingerprint density at radius 3 is 2.87 bits per heavy atom. The summed E-state index contributed by atoms with van der Waals surface area (Å²) in [5, 5.41) is 1.24. The molecule has 1 saturated carbocycles. The second-order valence-corrected chi connectivity index (χ2v) is 6.75. The third-order valence-electron chi connectivity index (χ3n) is 4.05. The molecule has 6 heteroatoms. The summed E-state index contributed by atoms with van der Waals surface area (Å²) in [7, 11) is 0. The number of fused-ring (bicyclic) bond motifs is 1. The molecule has 2 aromatic rings. The number of rotatable bonds is 5. The molecule has 1 aromatic carbocycles. The molecule has 1 heterocycles. The Balaban J connectivity index is 0.00000192. The van der Waals surface area contributed by atoms with E-state index in [4.69, 9.17) is 15.5 Å². The molecule has 2 N–H and O–H groups in total. The number of aromatic nitrogens is 1. The summed E-state index contributed by atoms with van der Waals surface area (Å²) in [5.41, 5.74) is 6.22. The van der Waals surface area contributed by atoms with E-state index in [0.29, 0.717) is 11.7 Å². The number of nitrogens with zero attached hydrogens (tertiary/aromatic N) is 1. The highest BCUT2D eigenvalue weighted by molar-refractivity contribution is 7.18. The van der Waals surface area contributed by atoms with Crippen LogP contribution in [0.1, 0.15) is 43.0 Å². The summed E-state index contributed by atoms with van der Waals surface area (Å²) in [4.78, 5) is 4.77. The van der Waals surface area contributed by atoms with Crippen molar-refractivity contribution < 1.29 is 9.13 Å². The molecule has 0 saturated heterocycles. The van der Waals surface area contributed by atoms with Crippen LogP contribution in [0.15, 0.2) is 30.1 Å². The lowest BCUT2D eigenvalue weighted by molar-refractivity contribution is 0.318. The van der Waals surface area contributed by atoms with Gasteiger partial charge in [0.2, 0.25) is 0 Å². The summed E-state index contributed by atoms with van der Waals surface area (Å²) in [6, 6.07) is 5.79. The zero-order valence-corrected chi connectivity index (χ0v) is 14.6. The van der Waals surface area contributed by atoms with Gasteiger partial charge < -0.3 is 10.5 Å². The molecule has 0 bridgehead atoms. The zero-order valence-electron chi connectivity index (χ0n) is 13.0. The molecule has 0 amide bonds. The molecule has 1 fully saturated rings. The van der Waals surface area contributed by atoms with Crippen LogP contribution in [0.25, 0.3) is 10.2 Å². The van der Waals surface area contributed by atoms with Crippen molar-refractivity contribution in [2.45, 2.75) is 38.0 Å². The third-order valence-corrected chi connectivity index (χ3v) is 5.24. The van der Waals surface area contributed by atoms with E-state index in [2.05, 4.69) is 0 Å². The second-order valence-electron chi connectivity index (χ2n) is 5.69. The van der Waals surface area contributed by atoms with E-state index in [1.54, 1.807) is 11.3 Å². The van der Waals surface area contributed by atoms with E-state index < -0.39 is 0 Å². The number of benzene rings is 1. The molecule has 126 valence electrons. The standard InChI is InChI=1S/C17H21FN2OS.ClH/c18-13(8-9-19)11-21-14-6-7-16-15(10-14)20-17(22-16)12-4-2-1-3-5-12;/h6-8,10,12H,1-5,9,11,19H2;1H. The fourth-order valence-corrected chi connectivity index (χ4v) is 3.99. The van der Waals surface area contributed by atoms with Gasteiger partial charge in [0, 0.05) is 18.5 Å². The smallest absolute Gasteiger partial charge is 0.139 e. The number of ether oxygens (including phenoxy) is 1. The lowest BCUT2D eigenvalue weighted by atomic mass is 9.90. The third kappa shape index (κ3) is 4.66. The zero-order chi connectivity index (χ0) is 15.4. The first kappa shape index (κ1) is 18.2. The van der Waals surface area contributed by atoms with Crippen molar-refractivity contribution in [2.24, 2.45) is 5.73 Å². The van der Waals surface area contributed by atoms with Gasteiger partial charge in [-0.05, 0) is 31.1 Å². The van der Waals surface area contributed by atoms with Gasteiger partial charge in [0.25, 0.3) is 0 Å². The molecule has 1 aliphatic carbocycles. The normalized spacial score (nSPS) is 16.3. The van der Waals surface area contributed by atoms with Crippen molar-refractivity contribution >= 4 is 34.0 Å². The highest BCUT2D eigenvalue weighted by Gasteiger charge is 2.19. The predicted molar refractivity (Wildman–Crippen MR) is 96.4 cm³/mol. The molecule has 0 aliphatic heterocycles. The van der Waals surface area contributed by atoms with Crippen LogP contribution >= 0.6 is 23.7 Å². The molecule has 0 unspecified atom stereocenters. The van der Waals surface area contributed by atoms with Crippen LogP contribution in [0, 0.1) is 0 Å². The maximum Gasteiger partial charge on any atom is 0.139 e. The van der Waals surface area contributed by atoms with Crippen LogP contribution in [0.3, 0.4) is 0 Å². The number of thiazole rings is 1. The molecule has 1 aromatic heterocycles. The Kier molecular flexibility index (Phi) is 6.81. The summed E-state index contributed by atoms with van der Waals surface area (Å²) in [6.07, 6.45) is 7.78. The first-order chi connectivity index (χ1) is 10.8. The van der Waals surface area contributed by atoms with Gasteiger partial charge in [-0.15, -0.1) is 23.7 Å². The van der Waals surface area contributed by atoms with E-state index in [1.807, 2.05) is 18.2 Å². The Hall–Kier alpha value is -1.17. The van der Waals surface area contributed by atoms with Crippen LogP contribution in [0.2, 0.25) is 0 Å². The number of nitrogens with two attached hydrogens (primary N) is 1. The molecule has 3 rings (SSSR count). The number of hydrogen-bond donors (Lipinski definition) is 1. The van der Waals surface area contributed by atoms with Crippen LogP contribution in [-0.4, -0.2) is 18.1 Å². The lowest BCUT2D eigenvalue weighted by Crippen LogP contribution is -2.03. The molecular weight excluding hydrogens is 335 g/mol. The van der Waals surface area contributed by atoms with E-state index >= 15 is 0 Å². The monoisotopic (exact) mass is 356 g/mol. The summed E-state index contributed by atoms with van der Waals surface area (Å²) in [6.45, 7) is 0.105. The highest BCUT2D eigenvalue weighted by atomic mass is 35.5. The van der Waals surface area contributed by atoms with Gasteiger partial charge in [-0.25, -0.2) is 9.37 Å². The Labute approximate surface area is 146 Å². The second kappa shape index (κ2) is 8.62. The predicted octanol–water partition coefficient (Wildman–Crippen LogP) is 4.96. The first-order valence-electron chi connectivity index (χ1n) is 7.84. The Morgan fingerprint density at radius 2 is 2.13 bits per heavy atom. The van der Waals surface area contributed by atoms with E-state index in [0.717, 1.165) is 5.52 Å². The van der Waals surface area contributed by atoms with Crippen molar-refractivity contribution in [1.82, 2.24) is 4.98 Å². The molecule has 0 atom stereocenters. The summed E-state index contributed by atoms with van der Waals surface area (Å²) < 4.78 is 19.9. The Bertz CT molecular complexity index is 668. The van der Waals surface area contributed by atoms with Crippen LogP contribution < -0.4 is 10.5 Å². The van der Waals surface area contributed by atoms with Gasteiger partial charge in [-0.1, -0.05) is 19.3 Å². The van der Waals surface area contributed by atoms with E-state index in [-0.39, 0.29) is 31.4 Å². The van der Waals surface area contributed by atoms with E-state index in [9.17, 15) is 4.39 Å². The molecule has 1 aliphatic rings. The van der Waals surface area contributed by atoms with Crippen LogP contribution in [0.5, 0.6) is 5.75 Å². The van der Waals surface area contributed by atoms with Crippen molar-refractivity contribution in [3.8, 4) is 5.75 Å². The van der Waals surface area contributed by atoms with Crippen LogP contribution in [0.4, 0.5) is 4.39 Å². The molecule has 0 spiro atoms. The molecule has 0 radical (unpaired) electrons. The lowest BCUT2D eigenvalue weighted by Gasteiger charge is -2.18. The van der Waals surface area contributed by atoms with Gasteiger partial charge in [-0.3, -0.25) is 0 Å². The van der Waals surface area contributed by atoms with Crippen molar-refractivity contribution in [1.29, 1.82) is 0 Å². The van der Waals surface area contributed by atoms with Gasteiger partial charge >= 0.3 is 0 Å². The fraction of sp³-hybridized carbons (Fsp3) is 0.471. The summed E-state index contributed by atoms with van der Waals surface area (Å²) in [5.74, 6) is 0.915. The van der Waals surface area contributed by atoms with Gasteiger partial charge in [0.05, 0.1) is 15.2 Å². The maximum absolute atomic E-state index is 13.3. The maximum atomic E-state index is 13.3. The molecule has 3 nitrogen and oxygen atoms in total. The van der Waals surface area contributed by atoms with Crippen LogP contribution in [-0.2, 0) is 0 Å². The van der Waals surface area contributed by atoms with Gasteiger partial charge in [-0.2, -0.15) is 0 Å². The summed E-state index contributed by atoms with van der Waals surface area (Å²) >= 11 is 1.78. The van der Waals surface area contributed by atoms with Crippen molar-refractivity contribution in [3.63, 3.8) is 0 Å². The minimum Gasteiger partial charge on any atom is -0.486 e. The first-order valence-corrected chi connectivity index (χ1v) is 8.66. The average Bonchev–Trinajstić information content (AvgIpc) is 2.97. The number of halogens is 2. The van der Waals surface area contributed by atoms with Crippen molar-refractivity contribution in [3.05, 3.63) is 35.1 Å². The van der Waals surface area contributed by atoms with Crippen molar-refractivity contribution in [2.75, 3.05) is 13.2 Å². The number of hydrogen-bond acceptors (Lipinski definition) is 4. The quantitative estimate of drug-likeness (QED) is 0.823. The minimum absolute atomic E-state index is 0. The SMILES string of the molecule is Cl.NCC=C(F)COc1ccc2sc(C3CCCCC3)nc2c1. The van der Waals surface area contributed by atoms with Gasteiger partial charge in [0.1, 0.15) is 18.2 Å². The highest BCUT2D eigenvalue weighted by Crippen LogP contribution is 2.37. The minimum atomic E-state index is -0.344. The topological polar surface area (TPSA) is 48.1 Å². The Morgan fingerprint density at radius 1 is 1.35 bits per heavy atom. The van der Waals surface area contributed by atoms with Gasteiger partial charge in [0.15, 0.2) is 0 Å². The molecule has 23 heavy (non-hydrogen) atoms.